The third kappa shape index (κ3) is 4.09. The van der Waals surface area contributed by atoms with Gasteiger partial charge in [-0.2, -0.15) is 13.2 Å². The first-order valence-corrected chi connectivity index (χ1v) is 7.38. The maximum absolute atomic E-state index is 13.1. The molecule has 112 valence electrons. The number of alkyl halides is 3. The molecule has 2 aliphatic rings. The Labute approximate surface area is 112 Å². The molecule has 1 saturated heterocycles. The molecule has 0 aromatic heterocycles. The Balaban J connectivity index is 1.92. The fourth-order valence-corrected chi connectivity index (χ4v) is 3.62. The van der Waals surface area contributed by atoms with Crippen molar-refractivity contribution < 1.29 is 17.9 Å². The van der Waals surface area contributed by atoms with E-state index in [9.17, 15) is 13.2 Å². The molecule has 3 atom stereocenters. The van der Waals surface area contributed by atoms with Gasteiger partial charge >= 0.3 is 6.18 Å². The van der Waals surface area contributed by atoms with Crippen molar-refractivity contribution in [3.63, 3.8) is 0 Å². The van der Waals surface area contributed by atoms with Crippen molar-refractivity contribution in [3.8, 4) is 0 Å². The van der Waals surface area contributed by atoms with Crippen LogP contribution in [-0.4, -0.2) is 25.4 Å². The number of hydrogen-bond donors (Lipinski definition) is 1. The summed E-state index contributed by atoms with van der Waals surface area (Å²) in [5.41, 5.74) is 6.13. The van der Waals surface area contributed by atoms with E-state index in [1.165, 1.54) is 0 Å². The van der Waals surface area contributed by atoms with Gasteiger partial charge in [-0.15, -0.1) is 0 Å². The predicted molar refractivity (Wildman–Crippen MR) is 67.6 cm³/mol. The first-order chi connectivity index (χ1) is 8.98. The van der Waals surface area contributed by atoms with E-state index in [1.807, 2.05) is 0 Å². The molecule has 0 aromatic rings. The number of ether oxygens (including phenoxy) is 1. The lowest BCUT2D eigenvalue weighted by Crippen LogP contribution is -2.44. The van der Waals surface area contributed by atoms with Crippen LogP contribution in [0.3, 0.4) is 0 Å². The molecule has 0 aromatic carbocycles. The van der Waals surface area contributed by atoms with Gasteiger partial charge in [0, 0.05) is 19.3 Å². The first-order valence-electron chi connectivity index (χ1n) is 7.38. The topological polar surface area (TPSA) is 35.2 Å². The number of rotatable bonds is 3. The minimum atomic E-state index is -4.08. The molecular formula is C14H24F3NO. The van der Waals surface area contributed by atoms with Crippen LogP contribution in [0.25, 0.3) is 0 Å². The molecule has 1 saturated carbocycles. The van der Waals surface area contributed by atoms with Gasteiger partial charge in [-0.25, -0.2) is 0 Å². The van der Waals surface area contributed by atoms with Crippen molar-refractivity contribution in [1.29, 1.82) is 0 Å². The molecule has 2 fully saturated rings. The molecule has 0 radical (unpaired) electrons. The van der Waals surface area contributed by atoms with Crippen LogP contribution in [0.15, 0.2) is 0 Å². The molecular weight excluding hydrogens is 255 g/mol. The first kappa shape index (κ1) is 15.1. The fraction of sp³-hybridized carbons (Fsp3) is 1.00. The van der Waals surface area contributed by atoms with Crippen LogP contribution in [0.4, 0.5) is 13.2 Å². The van der Waals surface area contributed by atoms with E-state index in [1.54, 1.807) is 0 Å². The molecule has 0 bridgehead atoms. The van der Waals surface area contributed by atoms with Gasteiger partial charge in [-0.3, -0.25) is 0 Å². The van der Waals surface area contributed by atoms with Crippen molar-refractivity contribution in [2.24, 2.45) is 23.5 Å². The summed E-state index contributed by atoms with van der Waals surface area (Å²) in [6, 6.07) is -0.310. The van der Waals surface area contributed by atoms with Crippen molar-refractivity contribution in [2.45, 2.75) is 57.2 Å². The Morgan fingerprint density at radius 1 is 1.05 bits per heavy atom. The molecule has 0 spiro atoms. The van der Waals surface area contributed by atoms with E-state index in [0.717, 1.165) is 38.9 Å². The van der Waals surface area contributed by atoms with Crippen LogP contribution in [0.5, 0.6) is 0 Å². The average Bonchev–Trinajstić information content (AvgIpc) is 2.39. The van der Waals surface area contributed by atoms with Gasteiger partial charge in [0.2, 0.25) is 0 Å². The Kier molecular flexibility index (Phi) is 5.12. The van der Waals surface area contributed by atoms with E-state index in [4.69, 9.17) is 10.5 Å². The molecule has 0 amide bonds. The summed E-state index contributed by atoms with van der Waals surface area (Å²) in [5, 5.41) is 0. The molecule has 19 heavy (non-hydrogen) atoms. The summed E-state index contributed by atoms with van der Waals surface area (Å²) in [7, 11) is 0. The number of halogens is 3. The average molecular weight is 279 g/mol. The quantitative estimate of drug-likeness (QED) is 0.858. The van der Waals surface area contributed by atoms with Crippen LogP contribution in [0.1, 0.15) is 44.9 Å². The Bertz CT molecular complexity index is 276. The zero-order valence-corrected chi connectivity index (χ0v) is 11.3. The van der Waals surface area contributed by atoms with Crippen LogP contribution in [-0.2, 0) is 4.74 Å². The van der Waals surface area contributed by atoms with E-state index in [-0.39, 0.29) is 18.4 Å². The zero-order valence-electron chi connectivity index (χ0n) is 11.3. The molecule has 2 N–H and O–H groups in total. The summed E-state index contributed by atoms with van der Waals surface area (Å²) < 4.78 is 44.4. The minimum Gasteiger partial charge on any atom is -0.381 e. The number of nitrogens with two attached hydrogens (primary N) is 1. The van der Waals surface area contributed by atoms with Crippen molar-refractivity contribution in [2.75, 3.05) is 13.2 Å². The highest BCUT2D eigenvalue weighted by atomic mass is 19.4. The highest BCUT2D eigenvalue weighted by Crippen LogP contribution is 2.43. The third-order valence-corrected chi connectivity index (χ3v) is 4.74. The van der Waals surface area contributed by atoms with E-state index < -0.39 is 12.1 Å². The van der Waals surface area contributed by atoms with Gasteiger partial charge in [0.25, 0.3) is 0 Å². The Morgan fingerprint density at radius 2 is 1.68 bits per heavy atom. The third-order valence-electron chi connectivity index (χ3n) is 4.74. The minimum absolute atomic E-state index is 0.260. The van der Waals surface area contributed by atoms with Crippen molar-refractivity contribution in [3.05, 3.63) is 0 Å². The maximum atomic E-state index is 13.1. The summed E-state index contributed by atoms with van der Waals surface area (Å²) in [5.74, 6) is -1.12. The molecule has 3 unspecified atom stereocenters. The van der Waals surface area contributed by atoms with E-state index in [0.29, 0.717) is 18.8 Å². The Morgan fingerprint density at radius 3 is 2.32 bits per heavy atom. The standard InChI is InChI=1S/C14H24F3NO/c15-14(16,17)12-4-2-1-3-11(12)13(18)9-10-5-7-19-8-6-10/h10-13H,1-9,18H2. The highest BCUT2D eigenvalue weighted by molar-refractivity contribution is 4.88. The summed E-state index contributed by atoms with van der Waals surface area (Å²) >= 11 is 0. The fourth-order valence-electron chi connectivity index (χ4n) is 3.62. The van der Waals surface area contributed by atoms with Crippen LogP contribution in [0.2, 0.25) is 0 Å². The van der Waals surface area contributed by atoms with Gasteiger partial charge in [-0.1, -0.05) is 12.8 Å². The number of hydrogen-bond acceptors (Lipinski definition) is 2. The Hall–Kier alpha value is -0.290. The normalized spacial score (nSPS) is 32.2. The largest absolute Gasteiger partial charge is 0.392 e. The summed E-state index contributed by atoms with van der Waals surface area (Å²) in [6.45, 7) is 1.45. The smallest absolute Gasteiger partial charge is 0.381 e. The summed E-state index contributed by atoms with van der Waals surface area (Å²) in [6.07, 6.45) is 0.987. The van der Waals surface area contributed by atoms with Gasteiger partial charge in [0.05, 0.1) is 5.92 Å². The second kappa shape index (κ2) is 6.44. The lowest BCUT2D eigenvalue weighted by atomic mass is 9.72. The van der Waals surface area contributed by atoms with Crippen LogP contribution >= 0.6 is 0 Å². The van der Waals surface area contributed by atoms with Gasteiger partial charge in [0.1, 0.15) is 0 Å². The van der Waals surface area contributed by atoms with Gasteiger partial charge in [-0.05, 0) is 43.9 Å². The molecule has 2 nitrogen and oxygen atoms in total. The van der Waals surface area contributed by atoms with Gasteiger partial charge in [0.15, 0.2) is 0 Å². The van der Waals surface area contributed by atoms with E-state index >= 15 is 0 Å². The van der Waals surface area contributed by atoms with Crippen molar-refractivity contribution in [1.82, 2.24) is 0 Å². The molecule has 2 rings (SSSR count). The molecule has 1 heterocycles. The predicted octanol–water partition coefficient (Wildman–Crippen LogP) is 3.50. The van der Waals surface area contributed by atoms with Crippen LogP contribution < -0.4 is 5.73 Å². The maximum Gasteiger partial charge on any atom is 0.392 e. The summed E-state index contributed by atoms with van der Waals surface area (Å²) in [4.78, 5) is 0. The molecule has 1 aliphatic carbocycles. The monoisotopic (exact) mass is 279 g/mol. The molecule has 1 aliphatic heterocycles. The van der Waals surface area contributed by atoms with Gasteiger partial charge < -0.3 is 10.5 Å². The molecule has 5 heteroatoms. The second-order valence-electron chi connectivity index (χ2n) is 6.05. The zero-order chi connectivity index (χ0) is 13.9. The highest BCUT2D eigenvalue weighted by Gasteiger charge is 2.47. The lowest BCUT2D eigenvalue weighted by Gasteiger charge is -2.38. The SMILES string of the molecule is NC(CC1CCOCC1)C1CCCCC1C(F)(F)F. The van der Waals surface area contributed by atoms with Crippen LogP contribution in [0, 0.1) is 17.8 Å². The second-order valence-corrected chi connectivity index (χ2v) is 6.05. The van der Waals surface area contributed by atoms with Crippen molar-refractivity contribution >= 4 is 0 Å². The lowest BCUT2D eigenvalue weighted by molar-refractivity contribution is -0.199. The van der Waals surface area contributed by atoms with E-state index in [2.05, 4.69) is 0 Å².